The first-order chi connectivity index (χ1) is 32.7. The Balaban J connectivity index is 0.00000468. The number of nitrogens with zero attached hydrogens (tertiary/aromatic N) is 2. The summed E-state index contributed by atoms with van der Waals surface area (Å²) in [5, 5.41) is 6.20. The van der Waals surface area contributed by atoms with Crippen LogP contribution in [0.5, 0.6) is 11.5 Å². The van der Waals surface area contributed by atoms with Gasteiger partial charge in [0.25, 0.3) is 0 Å². The van der Waals surface area contributed by atoms with Gasteiger partial charge >= 0.3 is 21.1 Å². The fraction of sp³-hybridized carbons (Fsp3) is 0.0159. The first-order valence-corrected chi connectivity index (χ1v) is 22.4. The quantitative estimate of drug-likeness (QED) is 0.123. The van der Waals surface area contributed by atoms with Crippen molar-refractivity contribution in [2.24, 2.45) is 0 Å². The van der Waals surface area contributed by atoms with Crippen molar-refractivity contribution in [1.29, 1.82) is 0 Å². The fourth-order valence-corrected chi connectivity index (χ4v) is 10.3. The van der Waals surface area contributed by atoms with Gasteiger partial charge in [-0.3, -0.25) is 9.97 Å². The van der Waals surface area contributed by atoms with E-state index >= 15 is 0 Å². The van der Waals surface area contributed by atoms with Gasteiger partial charge in [0.1, 0.15) is 16.9 Å². The van der Waals surface area contributed by atoms with Crippen molar-refractivity contribution >= 4 is 43.4 Å². The van der Waals surface area contributed by atoms with Crippen LogP contribution >= 0.6 is 0 Å². The second-order valence-electron chi connectivity index (χ2n) is 17.0. The summed E-state index contributed by atoms with van der Waals surface area (Å²) in [6.07, 6.45) is 0. The van der Waals surface area contributed by atoms with E-state index in [9.17, 15) is 0 Å². The Bertz CT molecular complexity index is 3610. The van der Waals surface area contributed by atoms with E-state index in [0.29, 0.717) is 0 Å². The Kier molecular flexibility index (Phi) is 9.97. The molecule has 67 heavy (non-hydrogen) atoms. The van der Waals surface area contributed by atoms with Gasteiger partial charge in [-0.1, -0.05) is 158 Å². The molecule has 2 aromatic heterocycles. The minimum Gasteiger partial charge on any atom is -0.457 e. The molecule has 0 amide bonds. The minimum atomic E-state index is -1.09. The summed E-state index contributed by atoms with van der Waals surface area (Å²) < 4.78 is 7.13. The second kappa shape index (κ2) is 16.5. The van der Waals surface area contributed by atoms with Crippen LogP contribution in [0, 0.1) is 12.1 Å². The number of benzene rings is 10. The monoisotopic (exact) mass is 1030 g/mol. The number of fused-ring (bicyclic) bond motifs is 8. The molecule has 0 spiro atoms. The number of ether oxygens (including phenoxy) is 1. The zero-order chi connectivity index (χ0) is 43.6. The molecule has 0 fully saturated rings. The van der Waals surface area contributed by atoms with Crippen LogP contribution in [0.1, 0.15) is 22.5 Å². The van der Waals surface area contributed by atoms with E-state index in [2.05, 4.69) is 218 Å². The number of hydrogen-bond donors (Lipinski definition) is 0. The van der Waals surface area contributed by atoms with Crippen LogP contribution in [0.3, 0.4) is 0 Å². The third-order valence-corrected chi connectivity index (χ3v) is 13.4. The number of hydrogen-bond acceptors (Lipinski definition) is 3. The van der Waals surface area contributed by atoms with Crippen LogP contribution in [0.4, 0.5) is 0 Å². The molecule has 12 aromatic rings. The van der Waals surface area contributed by atoms with Gasteiger partial charge in [0.05, 0.1) is 11.4 Å². The molecule has 0 unspecified atom stereocenters. The summed E-state index contributed by atoms with van der Waals surface area (Å²) in [6.45, 7) is 0. The molecule has 3 heterocycles. The largest absolute Gasteiger partial charge is 2.00 e. The molecule has 0 atom stereocenters. The van der Waals surface area contributed by atoms with Crippen LogP contribution in [-0.4, -0.2) is 9.97 Å². The van der Waals surface area contributed by atoms with Crippen LogP contribution in [0.25, 0.3) is 87.9 Å². The molecule has 0 saturated heterocycles. The first kappa shape index (κ1) is 40.5. The maximum Gasteiger partial charge on any atom is 2.00 e. The molecule has 1 aliphatic heterocycles. The molecule has 0 bridgehead atoms. The summed E-state index contributed by atoms with van der Waals surface area (Å²) >= 11 is 0. The zero-order valence-corrected chi connectivity index (χ0v) is 38.3. The number of rotatable bonds is 6. The van der Waals surface area contributed by atoms with Gasteiger partial charge in [-0.2, -0.15) is 0 Å². The Morgan fingerprint density at radius 2 is 0.731 bits per heavy atom. The third kappa shape index (κ3) is 6.61. The van der Waals surface area contributed by atoms with Crippen LogP contribution < -0.4 is 4.74 Å². The first-order valence-electron chi connectivity index (χ1n) is 22.4. The van der Waals surface area contributed by atoms with E-state index < -0.39 is 5.41 Å². The average molecular weight is 1030 g/mol. The molecule has 316 valence electrons. The predicted octanol–water partition coefficient (Wildman–Crippen LogP) is 15.8. The number of pyridine rings is 2. The van der Waals surface area contributed by atoms with Crippen molar-refractivity contribution in [2.45, 2.75) is 5.41 Å². The summed E-state index contributed by atoms with van der Waals surface area (Å²) in [7, 11) is 0. The van der Waals surface area contributed by atoms with Gasteiger partial charge in [0, 0.05) is 11.1 Å². The SMILES string of the molecule is [Pt+2].[c-]1cccc2ccc3ccc(C4(c5ccc6ccc7ccc[c-]c7c6n5)c5cc(-c6ccccc6-c6ccccc6)ccc5Oc5ccc(-c6ccccc6-c6ccccc6)cc54)nc3c12. The molecule has 4 heteroatoms. The summed E-state index contributed by atoms with van der Waals surface area (Å²) in [5.41, 5.74) is 13.2. The van der Waals surface area contributed by atoms with Crippen molar-refractivity contribution in [2.75, 3.05) is 0 Å². The maximum absolute atomic E-state index is 7.13. The zero-order valence-electron chi connectivity index (χ0n) is 36.1. The normalized spacial score (nSPS) is 12.6. The van der Waals surface area contributed by atoms with Crippen molar-refractivity contribution in [3.63, 3.8) is 0 Å². The predicted molar refractivity (Wildman–Crippen MR) is 270 cm³/mol. The van der Waals surface area contributed by atoms with E-state index in [-0.39, 0.29) is 21.1 Å². The maximum atomic E-state index is 7.13. The molecule has 3 nitrogen and oxygen atoms in total. The van der Waals surface area contributed by atoms with Crippen molar-refractivity contribution in [1.82, 2.24) is 9.97 Å². The molecule has 0 N–H and O–H groups in total. The van der Waals surface area contributed by atoms with Crippen LogP contribution in [0.15, 0.2) is 231 Å². The molecular formula is C63H38N2OPt. The van der Waals surface area contributed by atoms with E-state index in [1.165, 1.54) is 0 Å². The standard InChI is InChI=1S/C63H38N2O.Pt/c1-3-15-41(16-4-1)49-21-11-13-23-51(49)47-31-35-57-55(39-47)63(59-37-33-45-29-27-43-19-7-9-25-53(43)61(45)64-59,60-38-34-46-30-28-44-20-8-10-26-54(44)62(46)65-60)56-40-48(32-36-58(56)66-57)52-24-14-12-22-50(52)42-17-5-2-6-18-42;/h1-24,27-40H;/q-2;+2. The summed E-state index contributed by atoms with van der Waals surface area (Å²) in [4.78, 5) is 11.6. The molecule has 13 rings (SSSR count). The van der Waals surface area contributed by atoms with Gasteiger partial charge in [0.15, 0.2) is 0 Å². The van der Waals surface area contributed by atoms with Crippen LogP contribution in [-0.2, 0) is 26.5 Å². The molecule has 0 saturated carbocycles. The van der Waals surface area contributed by atoms with Gasteiger partial charge in [-0.05, 0) is 103 Å². The Hall–Kier alpha value is -7.97. The molecule has 1 aliphatic rings. The third-order valence-electron chi connectivity index (χ3n) is 13.4. The Morgan fingerprint density at radius 1 is 0.343 bits per heavy atom. The van der Waals surface area contributed by atoms with Gasteiger partial charge in [-0.25, -0.2) is 0 Å². The summed E-state index contributed by atoms with van der Waals surface area (Å²) in [6, 6.07) is 88.7. The van der Waals surface area contributed by atoms with Gasteiger partial charge < -0.3 is 4.74 Å². The minimum absolute atomic E-state index is 0. The molecule has 0 aliphatic carbocycles. The van der Waals surface area contributed by atoms with Crippen molar-refractivity contribution < 1.29 is 25.8 Å². The average Bonchev–Trinajstić information content (AvgIpc) is 3.40. The molecular weight excluding hydrogens is 996 g/mol. The van der Waals surface area contributed by atoms with E-state index in [1.807, 2.05) is 24.3 Å². The fourth-order valence-electron chi connectivity index (χ4n) is 10.3. The number of aromatic nitrogens is 2. The Labute approximate surface area is 403 Å². The van der Waals surface area contributed by atoms with Crippen LogP contribution in [0.2, 0.25) is 0 Å². The van der Waals surface area contributed by atoms with E-state index in [0.717, 1.165) is 122 Å². The van der Waals surface area contributed by atoms with Crippen molar-refractivity contribution in [3.05, 3.63) is 265 Å². The van der Waals surface area contributed by atoms with Gasteiger partial charge in [0.2, 0.25) is 0 Å². The second-order valence-corrected chi connectivity index (χ2v) is 17.0. The Morgan fingerprint density at radius 3 is 1.18 bits per heavy atom. The molecule has 10 aromatic carbocycles. The molecule has 0 radical (unpaired) electrons. The van der Waals surface area contributed by atoms with E-state index in [1.54, 1.807) is 0 Å². The van der Waals surface area contributed by atoms with Gasteiger partial charge in [-0.15, -0.1) is 70.1 Å². The van der Waals surface area contributed by atoms with Crippen molar-refractivity contribution in [3.8, 4) is 56.0 Å². The van der Waals surface area contributed by atoms with E-state index in [4.69, 9.17) is 14.7 Å². The topological polar surface area (TPSA) is 35.0 Å². The summed E-state index contributed by atoms with van der Waals surface area (Å²) in [5.74, 6) is 1.50. The smallest absolute Gasteiger partial charge is 0.457 e.